The zero-order valence-electron chi connectivity index (χ0n) is 12.0. The Kier molecular flexibility index (Phi) is 4.54. The van der Waals surface area contributed by atoms with Gasteiger partial charge in [-0.2, -0.15) is 0 Å². The van der Waals surface area contributed by atoms with Crippen molar-refractivity contribution in [2.24, 2.45) is 0 Å². The van der Waals surface area contributed by atoms with E-state index in [1.54, 1.807) is 24.3 Å². The number of nitrogens with zero attached hydrogens (tertiary/aromatic N) is 3. The summed E-state index contributed by atoms with van der Waals surface area (Å²) in [5.41, 5.74) is 4.03. The van der Waals surface area contributed by atoms with Crippen LogP contribution >= 0.6 is 11.6 Å². The first-order chi connectivity index (χ1) is 11.2. The Hall–Kier alpha value is -2.86. The highest BCUT2D eigenvalue weighted by molar-refractivity contribution is 6.31. The Bertz CT molecular complexity index is 788. The van der Waals surface area contributed by atoms with Gasteiger partial charge in [0.2, 0.25) is 0 Å². The number of aromatic nitrogens is 3. The lowest BCUT2D eigenvalue weighted by Gasteiger charge is -2.09. The zero-order chi connectivity index (χ0) is 16.1. The van der Waals surface area contributed by atoms with Crippen molar-refractivity contribution in [3.63, 3.8) is 0 Å². The van der Waals surface area contributed by atoms with E-state index < -0.39 is 0 Å². The maximum absolute atomic E-state index is 12.0. The van der Waals surface area contributed by atoms with Crippen molar-refractivity contribution in [3.8, 4) is 5.75 Å². The molecule has 0 aliphatic carbocycles. The summed E-state index contributed by atoms with van der Waals surface area (Å²) in [6, 6.07) is 14.3. The van der Waals surface area contributed by atoms with Gasteiger partial charge in [-0.25, -0.2) is 4.68 Å². The largest absolute Gasteiger partial charge is 0.489 e. The fraction of sp³-hybridized carbons (Fsp3) is 0.0625. The first-order valence-electron chi connectivity index (χ1n) is 6.84. The quantitative estimate of drug-likeness (QED) is 0.782. The molecule has 7 heteroatoms. The van der Waals surface area contributed by atoms with Gasteiger partial charge in [-0.3, -0.25) is 10.2 Å². The Labute approximate surface area is 137 Å². The molecular weight excluding hydrogens is 316 g/mol. The molecule has 0 saturated heterocycles. The van der Waals surface area contributed by atoms with Gasteiger partial charge in [0, 0.05) is 16.1 Å². The SMILES string of the molecule is O=C(Nn1cnnc1)c1ccc(OCc2ccccc2Cl)cc1. The molecule has 0 aliphatic heterocycles. The summed E-state index contributed by atoms with van der Waals surface area (Å²) in [5, 5.41) is 7.89. The van der Waals surface area contributed by atoms with E-state index in [0.717, 1.165) is 5.56 Å². The van der Waals surface area contributed by atoms with Crippen molar-refractivity contribution in [3.05, 3.63) is 77.3 Å². The first-order valence-corrected chi connectivity index (χ1v) is 7.22. The third kappa shape index (κ3) is 3.87. The van der Waals surface area contributed by atoms with E-state index in [-0.39, 0.29) is 5.91 Å². The van der Waals surface area contributed by atoms with Crippen LogP contribution in [0.5, 0.6) is 5.75 Å². The van der Waals surface area contributed by atoms with E-state index in [9.17, 15) is 4.79 Å². The summed E-state index contributed by atoms with van der Waals surface area (Å²) < 4.78 is 7.05. The molecule has 2 aromatic carbocycles. The minimum absolute atomic E-state index is 0.262. The molecule has 0 bridgehead atoms. The molecule has 3 rings (SSSR count). The molecular formula is C16H13ClN4O2. The van der Waals surface area contributed by atoms with Crippen LogP contribution in [0, 0.1) is 0 Å². The molecule has 0 fully saturated rings. The lowest BCUT2D eigenvalue weighted by Crippen LogP contribution is -2.21. The molecule has 0 radical (unpaired) electrons. The van der Waals surface area contributed by atoms with Crippen molar-refractivity contribution in [2.45, 2.75) is 6.61 Å². The van der Waals surface area contributed by atoms with Crippen LogP contribution in [0.2, 0.25) is 5.02 Å². The molecule has 1 aromatic heterocycles. The Morgan fingerprint density at radius 1 is 1.09 bits per heavy atom. The Balaban J connectivity index is 1.61. The molecule has 1 heterocycles. The van der Waals surface area contributed by atoms with Gasteiger partial charge in [-0.15, -0.1) is 10.2 Å². The van der Waals surface area contributed by atoms with Crippen molar-refractivity contribution >= 4 is 17.5 Å². The Morgan fingerprint density at radius 2 is 1.78 bits per heavy atom. The highest BCUT2D eigenvalue weighted by Gasteiger charge is 2.06. The molecule has 116 valence electrons. The van der Waals surface area contributed by atoms with Gasteiger partial charge < -0.3 is 4.74 Å². The summed E-state index contributed by atoms with van der Waals surface area (Å²) in [6.45, 7) is 0.367. The lowest BCUT2D eigenvalue weighted by molar-refractivity contribution is 0.101. The van der Waals surface area contributed by atoms with Gasteiger partial charge in [0.15, 0.2) is 0 Å². The van der Waals surface area contributed by atoms with Crippen LogP contribution in [0.4, 0.5) is 0 Å². The monoisotopic (exact) mass is 328 g/mol. The smallest absolute Gasteiger partial charge is 0.270 e. The molecule has 1 N–H and O–H groups in total. The van der Waals surface area contributed by atoms with Gasteiger partial charge >= 0.3 is 0 Å². The topological polar surface area (TPSA) is 69.0 Å². The predicted molar refractivity (Wildman–Crippen MR) is 85.9 cm³/mol. The molecule has 0 aliphatic rings. The second-order valence-corrected chi connectivity index (χ2v) is 5.12. The average molecular weight is 329 g/mol. The van der Waals surface area contributed by atoms with Crippen LogP contribution in [0.1, 0.15) is 15.9 Å². The van der Waals surface area contributed by atoms with E-state index in [1.165, 1.54) is 17.3 Å². The van der Waals surface area contributed by atoms with Gasteiger partial charge in [0.25, 0.3) is 5.91 Å². The normalized spacial score (nSPS) is 10.3. The fourth-order valence-electron chi connectivity index (χ4n) is 1.92. The number of halogens is 1. The number of ether oxygens (including phenoxy) is 1. The van der Waals surface area contributed by atoms with Crippen molar-refractivity contribution in [1.82, 2.24) is 14.9 Å². The second-order valence-electron chi connectivity index (χ2n) is 4.71. The van der Waals surface area contributed by atoms with E-state index in [4.69, 9.17) is 16.3 Å². The summed E-state index contributed by atoms with van der Waals surface area (Å²) in [6.07, 6.45) is 2.80. The maximum atomic E-state index is 12.0. The maximum Gasteiger partial charge on any atom is 0.270 e. The van der Waals surface area contributed by atoms with Crippen LogP contribution in [-0.4, -0.2) is 20.8 Å². The number of benzene rings is 2. The average Bonchev–Trinajstić information content (AvgIpc) is 3.07. The van der Waals surface area contributed by atoms with Gasteiger partial charge in [-0.05, 0) is 30.3 Å². The van der Waals surface area contributed by atoms with Crippen LogP contribution < -0.4 is 10.2 Å². The first kappa shape index (κ1) is 15.1. The van der Waals surface area contributed by atoms with Crippen molar-refractivity contribution < 1.29 is 9.53 Å². The minimum atomic E-state index is -0.262. The van der Waals surface area contributed by atoms with Crippen LogP contribution in [0.25, 0.3) is 0 Å². The standard InChI is InChI=1S/C16H13ClN4O2/c17-15-4-2-1-3-13(15)9-23-14-7-5-12(6-8-14)16(22)20-21-10-18-19-11-21/h1-8,10-11H,9H2,(H,20,22). The summed E-state index contributed by atoms with van der Waals surface area (Å²) in [4.78, 5) is 12.0. The third-order valence-electron chi connectivity index (χ3n) is 3.12. The lowest BCUT2D eigenvalue weighted by atomic mass is 10.2. The molecule has 0 spiro atoms. The molecule has 0 unspecified atom stereocenters. The summed E-state index contributed by atoms with van der Waals surface area (Å²) in [7, 11) is 0. The van der Waals surface area contributed by atoms with Crippen molar-refractivity contribution in [1.29, 1.82) is 0 Å². The number of hydrogen-bond acceptors (Lipinski definition) is 4. The molecule has 1 amide bonds. The predicted octanol–water partition coefficient (Wildman–Crippen LogP) is 2.89. The van der Waals surface area contributed by atoms with Crippen LogP contribution in [0.15, 0.2) is 61.2 Å². The highest BCUT2D eigenvalue weighted by Crippen LogP contribution is 2.19. The molecule has 0 atom stereocenters. The molecule has 23 heavy (non-hydrogen) atoms. The fourth-order valence-corrected chi connectivity index (χ4v) is 2.11. The van der Waals surface area contributed by atoms with Crippen LogP contribution in [0.3, 0.4) is 0 Å². The second kappa shape index (κ2) is 6.93. The van der Waals surface area contributed by atoms with Gasteiger partial charge in [0.1, 0.15) is 25.0 Å². The van der Waals surface area contributed by atoms with E-state index in [1.807, 2.05) is 24.3 Å². The number of rotatable bonds is 5. The van der Waals surface area contributed by atoms with E-state index >= 15 is 0 Å². The van der Waals surface area contributed by atoms with E-state index in [2.05, 4.69) is 15.6 Å². The number of nitrogens with one attached hydrogen (secondary N) is 1. The summed E-state index contributed by atoms with van der Waals surface area (Å²) >= 11 is 6.08. The number of carbonyl (C=O) groups is 1. The number of hydrogen-bond donors (Lipinski definition) is 1. The van der Waals surface area contributed by atoms with Gasteiger partial charge in [-0.1, -0.05) is 29.8 Å². The highest BCUT2D eigenvalue weighted by atomic mass is 35.5. The molecule has 0 saturated carbocycles. The Morgan fingerprint density at radius 3 is 2.48 bits per heavy atom. The van der Waals surface area contributed by atoms with Crippen LogP contribution in [-0.2, 0) is 6.61 Å². The number of amides is 1. The third-order valence-corrected chi connectivity index (χ3v) is 3.49. The van der Waals surface area contributed by atoms with E-state index in [0.29, 0.717) is 22.9 Å². The number of carbonyl (C=O) groups excluding carboxylic acids is 1. The van der Waals surface area contributed by atoms with Gasteiger partial charge in [0.05, 0.1) is 0 Å². The van der Waals surface area contributed by atoms with Crippen molar-refractivity contribution in [2.75, 3.05) is 5.43 Å². The molecule has 6 nitrogen and oxygen atoms in total. The zero-order valence-corrected chi connectivity index (χ0v) is 12.8. The summed E-state index contributed by atoms with van der Waals surface area (Å²) in [5.74, 6) is 0.397. The minimum Gasteiger partial charge on any atom is -0.489 e. The molecule has 3 aromatic rings.